The van der Waals surface area contributed by atoms with Crippen molar-refractivity contribution in [3.05, 3.63) is 0 Å². The molecule has 7 heteroatoms. The third-order valence-corrected chi connectivity index (χ3v) is 2.58. The summed E-state index contributed by atoms with van der Waals surface area (Å²) in [5.41, 5.74) is -0.569. The maximum atomic E-state index is 12.0. The molecule has 0 spiro atoms. The van der Waals surface area contributed by atoms with Crippen LogP contribution in [0, 0.1) is 0 Å². The van der Waals surface area contributed by atoms with E-state index in [2.05, 4.69) is 0 Å². The van der Waals surface area contributed by atoms with Crippen molar-refractivity contribution in [1.82, 2.24) is 4.90 Å². The molecule has 1 heterocycles. The van der Waals surface area contributed by atoms with Crippen LogP contribution in [0.3, 0.4) is 0 Å². The van der Waals surface area contributed by atoms with Gasteiger partial charge in [0.15, 0.2) is 0 Å². The van der Waals surface area contributed by atoms with Crippen molar-refractivity contribution in [2.75, 3.05) is 19.7 Å². The Morgan fingerprint density at radius 3 is 2.16 bits per heavy atom. The van der Waals surface area contributed by atoms with Crippen molar-refractivity contribution in [2.45, 2.75) is 51.5 Å². The molecule has 1 aliphatic rings. The highest BCUT2D eigenvalue weighted by Crippen LogP contribution is 2.21. The summed E-state index contributed by atoms with van der Waals surface area (Å²) in [6.45, 7) is 4.79. The summed E-state index contributed by atoms with van der Waals surface area (Å²) in [6, 6.07) is 0. The maximum absolute atomic E-state index is 12.0. The standard InChI is InChI=1S/C12H20F3NO3/c1-11(2,3)19-10(17)16-6-4-9(5-7-16)18-8-12(13,14)15/h9H,4-8H2,1-3H3. The van der Waals surface area contributed by atoms with Gasteiger partial charge >= 0.3 is 12.3 Å². The Kier molecular flexibility index (Phi) is 5.06. The molecule has 0 unspecified atom stereocenters. The molecule has 1 amide bonds. The minimum absolute atomic E-state index is 0.359. The van der Waals surface area contributed by atoms with Crippen LogP contribution in [-0.4, -0.2) is 48.6 Å². The van der Waals surface area contributed by atoms with E-state index in [4.69, 9.17) is 9.47 Å². The second-order valence-corrected chi connectivity index (χ2v) is 5.59. The fourth-order valence-corrected chi connectivity index (χ4v) is 1.74. The monoisotopic (exact) mass is 283 g/mol. The Morgan fingerprint density at radius 1 is 1.21 bits per heavy atom. The molecule has 0 N–H and O–H groups in total. The van der Waals surface area contributed by atoms with Gasteiger partial charge in [-0.3, -0.25) is 0 Å². The first kappa shape index (κ1) is 16.1. The molecule has 1 rings (SSSR count). The number of ether oxygens (including phenoxy) is 2. The molecule has 0 aromatic rings. The molecular formula is C12H20F3NO3. The molecular weight excluding hydrogens is 263 g/mol. The van der Waals surface area contributed by atoms with Gasteiger partial charge in [0.25, 0.3) is 0 Å². The zero-order valence-electron chi connectivity index (χ0n) is 11.4. The van der Waals surface area contributed by atoms with Crippen LogP contribution in [0.5, 0.6) is 0 Å². The molecule has 4 nitrogen and oxygen atoms in total. The highest BCUT2D eigenvalue weighted by Gasteiger charge is 2.32. The van der Waals surface area contributed by atoms with Crippen molar-refractivity contribution in [1.29, 1.82) is 0 Å². The molecule has 0 aliphatic carbocycles. The largest absolute Gasteiger partial charge is 0.444 e. The smallest absolute Gasteiger partial charge is 0.411 e. The minimum atomic E-state index is -4.30. The molecule has 1 saturated heterocycles. The highest BCUT2D eigenvalue weighted by atomic mass is 19.4. The predicted octanol–water partition coefficient (Wildman–Crippen LogP) is 2.96. The van der Waals surface area contributed by atoms with E-state index in [1.165, 1.54) is 4.90 Å². The number of halogens is 3. The normalized spacial score (nSPS) is 18.5. The zero-order valence-corrected chi connectivity index (χ0v) is 11.4. The van der Waals surface area contributed by atoms with Crippen molar-refractivity contribution < 1.29 is 27.4 Å². The van der Waals surface area contributed by atoms with Crippen LogP contribution < -0.4 is 0 Å². The van der Waals surface area contributed by atoms with Gasteiger partial charge in [-0.2, -0.15) is 13.2 Å². The van der Waals surface area contributed by atoms with Crippen LogP contribution in [0.1, 0.15) is 33.6 Å². The summed E-state index contributed by atoms with van der Waals surface area (Å²) in [6.07, 6.45) is -4.38. The summed E-state index contributed by atoms with van der Waals surface area (Å²) in [5, 5.41) is 0. The summed E-state index contributed by atoms with van der Waals surface area (Å²) in [4.78, 5) is 13.2. The first-order valence-electron chi connectivity index (χ1n) is 6.23. The first-order chi connectivity index (χ1) is 8.57. The summed E-state index contributed by atoms with van der Waals surface area (Å²) in [5.74, 6) is 0. The highest BCUT2D eigenvalue weighted by molar-refractivity contribution is 5.68. The number of nitrogens with zero attached hydrogens (tertiary/aromatic N) is 1. The van der Waals surface area contributed by atoms with Gasteiger partial charge in [-0.05, 0) is 33.6 Å². The number of carbonyl (C=O) groups excluding carboxylic acids is 1. The van der Waals surface area contributed by atoms with Crippen LogP contribution in [0.15, 0.2) is 0 Å². The van der Waals surface area contributed by atoms with Gasteiger partial charge in [-0.1, -0.05) is 0 Å². The fraction of sp³-hybridized carbons (Fsp3) is 0.917. The SMILES string of the molecule is CC(C)(C)OC(=O)N1CCC(OCC(F)(F)F)CC1. The van der Waals surface area contributed by atoms with E-state index in [9.17, 15) is 18.0 Å². The Labute approximate surface area is 110 Å². The second-order valence-electron chi connectivity index (χ2n) is 5.59. The molecule has 0 atom stereocenters. The maximum Gasteiger partial charge on any atom is 0.411 e. The number of hydrogen-bond donors (Lipinski definition) is 0. The van der Waals surface area contributed by atoms with Gasteiger partial charge < -0.3 is 14.4 Å². The van der Waals surface area contributed by atoms with E-state index < -0.39 is 30.6 Å². The molecule has 0 aromatic heterocycles. The summed E-state index contributed by atoms with van der Waals surface area (Å²) < 4.78 is 45.9. The summed E-state index contributed by atoms with van der Waals surface area (Å²) >= 11 is 0. The molecule has 112 valence electrons. The molecule has 0 aromatic carbocycles. The third-order valence-electron chi connectivity index (χ3n) is 2.58. The van der Waals surface area contributed by atoms with Crippen molar-refractivity contribution in [2.24, 2.45) is 0 Å². The van der Waals surface area contributed by atoms with Crippen LogP contribution in [0.4, 0.5) is 18.0 Å². The summed E-state index contributed by atoms with van der Waals surface area (Å²) in [7, 11) is 0. The van der Waals surface area contributed by atoms with E-state index in [1.54, 1.807) is 20.8 Å². The molecule has 0 radical (unpaired) electrons. The van der Waals surface area contributed by atoms with Crippen LogP contribution in [0.2, 0.25) is 0 Å². The first-order valence-corrected chi connectivity index (χ1v) is 6.23. The van der Waals surface area contributed by atoms with E-state index in [0.717, 1.165) is 0 Å². The molecule has 0 saturated carbocycles. The van der Waals surface area contributed by atoms with Crippen molar-refractivity contribution in [3.63, 3.8) is 0 Å². The average Bonchev–Trinajstić information content (AvgIpc) is 2.23. The number of piperidine rings is 1. The van der Waals surface area contributed by atoms with Gasteiger partial charge in [0.2, 0.25) is 0 Å². The van der Waals surface area contributed by atoms with Gasteiger partial charge in [0, 0.05) is 13.1 Å². The lowest BCUT2D eigenvalue weighted by Gasteiger charge is -2.33. The number of hydrogen-bond acceptors (Lipinski definition) is 3. The lowest BCUT2D eigenvalue weighted by molar-refractivity contribution is -0.188. The Balaban J connectivity index is 2.31. The number of amides is 1. The van der Waals surface area contributed by atoms with E-state index in [1.807, 2.05) is 0 Å². The topological polar surface area (TPSA) is 38.8 Å². The quantitative estimate of drug-likeness (QED) is 0.782. The number of carbonyl (C=O) groups is 1. The Morgan fingerprint density at radius 2 is 1.74 bits per heavy atom. The third kappa shape index (κ3) is 6.66. The van der Waals surface area contributed by atoms with E-state index in [-0.39, 0.29) is 0 Å². The van der Waals surface area contributed by atoms with Crippen LogP contribution in [-0.2, 0) is 9.47 Å². The van der Waals surface area contributed by atoms with Gasteiger partial charge in [-0.25, -0.2) is 4.79 Å². The van der Waals surface area contributed by atoms with Crippen molar-refractivity contribution in [3.8, 4) is 0 Å². The Bertz CT molecular complexity index is 304. The van der Waals surface area contributed by atoms with Gasteiger partial charge in [0.05, 0.1) is 6.10 Å². The lowest BCUT2D eigenvalue weighted by atomic mass is 10.1. The van der Waals surface area contributed by atoms with Crippen LogP contribution >= 0.6 is 0 Å². The predicted molar refractivity (Wildman–Crippen MR) is 62.8 cm³/mol. The second kappa shape index (κ2) is 5.98. The Hall–Kier alpha value is -0.980. The van der Waals surface area contributed by atoms with Crippen LogP contribution in [0.25, 0.3) is 0 Å². The molecule has 1 aliphatic heterocycles. The molecule has 19 heavy (non-hydrogen) atoms. The molecule has 1 fully saturated rings. The number of alkyl halides is 3. The van der Waals surface area contributed by atoms with E-state index in [0.29, 0.717) is 25.9 Å². The van der Waals surface area contributed by atoms with Gasteiger partial charge in [-0.15, -0.1) is 0 Å². The van der Waals surface area contributed by atoms with Crippen molar-refractivity contribution >= 4 is 6.09 Å². The fourth-order valence-electron chi connectivity index (χ4n) is 1.74. The van der Waals surface area contributed by atoms with Gasteiger partial charge in [0.1, 0.15) is 12.2 Å². The van der Waals surface area contributed by atoms with E-state index >= 15 is 0 Å². The average molecular weight is 283 g/mol. The number of likely N-dealkylation sites (tertiary alicyclic amines) is 1. The zero-order chi connectivity index (χ0) is 14.7. The number of rotatable bonds is 2. The minimum Gasteiger partial charge on any atom is -0.444 e. The molecule has 0 bridgehead atoms. The lowest BCUT2D eigenvalue weighted by Crippen LogP contribution is -2.43.